The van der Waals surface area contributed by atoms with Crippen molar-refractivity contribution in [2.45, 2.75) is 92.4 Å². The number of aromatic nitrogens is 1. The van der Waals surface area contributed by atoms with Gasteiger partial charge in [0.1, 0.15) is 17.5 Å². The van der Waals surface area contributed by atoms with Gasteiger partial charge in [0.15, 0.2) is 4.34 Å². The largest absolute Gasteiger partial charge is 0.462 e. The van der Waals surface area contributed by atoms with E-state index in [1.54, 1.807) is 11.3 Å². The van der Waals surface area contributed by atoms with Gasteiger partial charge in [0.25, 0.3) is 0 Å². The molecule has 2 aliphatic carbocycles. The standard InChI is InChI=1S/C23H29NO4S2/c25-21(27-16-9-3-1-4-10-16)15-20(22(26)28-17-11-5-2-6-12-17)30-23-24-18-13-7-8-14-19(18)29-23/h7-8,13-14,16-17,20H,1-6,9-12,15H2. The summed E-state index contributed by atoms with van der Waals surface area (Å²) in [6.45, 7) is 0. The van der Waals surface area contributed by atoms with Crippen LogP contribution in [-0.2, 0) is 19.1 Å². The van der Waals surface area contributed by atoms with Crippen LogP contribution in [0.3, 0.4) is 0 Å². The van der Waals surface area contributed by atoms with Gasteiger partial charge in [-0.3, -0.25) is 9.59 Å². The summed E-state index contributed by atoms with van der Waals surface area (Å²) in [5, 5.41) is -0.622. The van der Waals surface area contributed by atoms with Crippen molar-refractivity contribution in [2.24, 2.45) is 0 Å². The van der Waals surface area contributed by atoms with Crippen molar-refractivity contribution in [3.63, 3.8) is 0 Å². The van der Waals surface area contributed by atoms with E-state index in [0.29, 0.717) is 0 Å². The number of carbonyl (C=O) groups excluding carboxylic acids is 2. The number of ether oxygens (including phenoxy) is 2. The maximum Gasteiger partial charge on any atom is 0.320 e. The molecule has 4 rings (SSSR count). The zero-order valence-corrected chi connectivity index (χ0v) is 18.8. The van der Waals surface area contributed by atoms with Crippen LogP contribution in [0, 0.1) is 0 Å². The Bertz CT molecular complexity index is 823. The van der Waals surface area contributed by atoms with Crippen molar-refractivity contribution in [2.75, 3.05) is 0 Å². The summed E-state index contributed by atoms with van der Waals surface area (Å²) in [6, 6.07) is 7.91. The Hall–Kier alpha value is -1.60. The summed E-state index contributed by atoms with van der Waals surface area (Å²) in [6.07, 6.45) is 10.5. The van der Waals surface area contributed by atoms with Crippen molar-refractivity contribution >= 4 is 45.3 Å². The molecule has 0 saturated heterocycles. The molecular formula is C23H29NO4S2. The van der Waals surface area contributed by atoms with Crippen LogP contribution in [0.25, 0.3) is 10.2 Å². The Morgan fingerprint density at radius 1 is 0.967 bits per heavy atom. The number of para-hydroxylation sites is 1. The van der Waals surface area contributed by atoms with Crippen LogP contribution in [-0.4, -0.2) is 34.4 Å². The Kier molecular flexibility index (Phi) is 7.66. The first kappa shape index (κ1) is 21.6. The molecule has 0 amide bonds. The molecule has 0 spiro atoms. The number of thioether (sulfide) groups is 1. The fourth-order valence-electron chi connectivity index (χ4n) is 4.19. The van der Waals surface area contributed by atoms with Crippen LogP contribution in [0.1, 0.15) is 70.6 Å². The lowest BCUT2D eigenvalue weighted by Crippen LogP contribution is -2.31. The molecule has 162 valence electrons. The van der Waals surface area contributed by atoms with E-state index in [2.05, 4.69) is 4.98 Å². The lowest BCUT2D eigenvalue weighted by molar-refractivity contribution is -0.156. The molecule has 2 saturated carbocycles. The number of esters is 2. The van der Waals surface area contributed by atoms with Crippen molar-refractivity contribution < 1.29 is 19.1 Å². The molecule has 30 heavy (non-hydrogen) atoms. The third-order valence-electron chi connectivity index (χ3n) is 5.82. The highest BCUT2D eigenvalue weighted by Gasteiger charge is 2.30. The molecule has 0 aliphatic heterocycles. The van der Waals surface area contributed by atoms with E-state index in [0.717, 1.165) is 65.9 Å². The molecular weight excluding hydrogens is 418 g/mol. The molecule has 0 N–H and O–H groups in total. The van der Waals surface area contributed by atoms with E-state index in [-0.39, 0.29) is 30.6 Å². The van der Waals surface area contributed by atoms with Gasteiger partial charge in [0.2, 0.25) is 0 Å². The van der Waals surface area contributed by atoms with E-state index < -0.39 is 5.25 Å². The quantitative estimate of drug-likeness (QED) is 0.389. The average molecular weight is 448 g/mol. The molecule has 5 nitrogen and oxygen atoms in total. The first-order valence-corrected chi connectivity index (χ1v) is 12.8. The van der Waals surface area contributed by atoms with Crippen molar-refractivity contribution in [3.05, 3.63) is 24.3 Å². The molecule has 1 aromatic carbocycles. The average Bonchev–Trinajstić information content (AvgIpc) is 3.17. The van der Waals surface area contributed by atoms with Gasteiger partial charge in [-0.25, -0.2) is 4.98 Å². The second-order valence-corrected chi connectivity index (χ2v) is 10.7. The van der Waals surface area contributed by atoms with Gasteiger partial charge in [0, 0.05) is 0 Å². The normalized spacial score (nSPS) is 19.5. The van der Waals surface area contributed by atoms with Gasteiger partial charge in [-0.1, -0.05) is 36.7 Å². The van der Waals surface area contributed by atoms with Gasteiger partial charge in [-0.05, 0) is 63.5 Å². The summed E-state index contributed by atoms with van der Waals surface area (Å²) in [4.78, 5) is 30.2. The molecule has 2 fully saturated rings. The van der Waals surface area contributed by atoms with Gasteiger partial charge in [-0.2, -0.15) is 0 Å². The monoisotopic (exact) mass is 447 g/mol. The predicted octanol–water partition coefficient (Wildman–Crippen LogP) is 5.90. The summed E-state index contributed by atoms with van der Waals surface area (Å²) in [5.74, 6) is -0.618. The Labute approximate surface area is 185 Å². The van der Waals surface area contributed by atoms with Crippen LogP contribution in [0.2, 0.25) is 0 Å². The number of carbonyl (C=O) groups is 2. The van der Waals surface area contributed by atoms with Gasteiger partial charge >= 0.3 is 11.9 Å². The smallest absolute Gasteiger partial charge is 0.320 e. The Morgan fingerprint density at radius 2 is 1.60 bits per heavy atom. The number of fused-ring (bicyclic) bond motifs is 1. The van der Waals surface area contributed by atoms with Crippen LogP contribution in [0.15, 0.2) is 28.6 Å². The maximum absolute atomic E-state index is 13.0. The lowest BCUT2D eigenvalue weighted by Gasteiger charge is -2.25. The van der Waals surface area contributed by atoms with Gasteiger partial charge < -0.3 is 9.47 Å². The van der Waals surface area contributed by atoms with Crippen molar-refractivity contribution in [1.29, 1.82) is 0 Å². The predicted molar refractivity (Wildman–Crippen MR) is 120 cm³/mol. The fourth-order valence-corrected chi connectivity index (χ4v) is 6.46. The highest BCUT2D eigenvalue weighted by Crippen LogP contribution is 2.35. The SMILES string of the molecule is O=C(CC(Sc1nc2ccccc2s1)C(=O)OC1CCCCC1)OC1CCCCC1. The number of thiazole rings is 1. The minimum atomic E-state index is -0.622. The molecule has 2 aromatic rings. The van der Waals surface area contributed by atoms with Crippen LogP contribution in [0.5, 0.6) is 0 Å². The second kappa shape index (κ2) is 10.6. The van der Waals surface area contributed by atoms with E-state index in [1.807, 2.05) is 24.3 Å². The topological polar surface area (TPSA) is 65.5 Å². The number of hydrogen-bond donors (Lipinski definition) is 0. The van der Waals surface area contributed by atoms with Crippen molar-refractivity contribution in [1.82, 2.24) is 4.98 Å². The summed E-state index contributed by atoms with van der Waals surface area (Å²) < 4.78 is 13.3. The lowest BCUT2D eigenvalue weighted by atomic mass is 9.98. The van der Waals surface area contributed by atoms with E-state index in [1.165, 1.54) is 24.6 Å². The number of nitrogens with zero attached hydrogens (tertiary/aromatic N) is 1. The maximum atomic E-state index is 13.0. The minimum Gasteiger partial charge on any atom is -0.462 e. The number of benzene rings is 1. The molecule has 7 heteroatoms. The first-order valence-electron chi connectivity index (χ1n) is 11.1. The number of hydrogen-bond acceptors (Lipinski definition) is 7. The highest BCUT2D eigenvalue weighted by atomic mass is 32.2. The zero-order valence-electron chi connectivity index (χ0n) is 17.2. The molecule has 2 aliphatic rings. The van der Waals surface area contributed by atoms with Gasteiger partial charge in [-0.15, -0.1) is 11.3 Å². The number of rotatable bonds is 7. The van der Waals surface area contributed by atoms with E-state index in [9.17, 15) is 9.59 Å². The fraction of sp³-hybridized carbons (Fsp3) is 0.609. The minimum absolute atomic E-state index is 0.00582. The van der Waals surface area contributed by atoms with E-state index in [4.69, 9.17) is 9.47 Å². The summed E-state index contributed by atoms with van der Waals surface area (Å²) >= 11 is 2.88. The zero-order chi connectivity index (χ0) is 20.8. The third kappa shape index (κ3) is 5.97. The molecule has 1 atom stereocenters. The highest BCUT2D eigenvalue weighted by molar-refractivity contribution is 8.02. The summed E-state index contributed by atoms with van der Waals surface area (Å²) in [5.41, 5.74) is 0.911. The summed E-state index contributed by atoms with van der Waals surface area (Å²) in [7, 11) is 0. The first-order chi connectivity index (χ1) is 14.7. The van der Waals surface area contributed by atoms with E-state index >= 15 is 0 Å². The molecule has 0 radical (unpaired) electrons. The Morgan fingerprint density at radius 3 is 2.27 bits per heavy atom. The molecule has 0 bridgehead atoms. The second-order valence-electron chi connectivity index (χ2n) is 8.20. The molecule has 1 unspecified atom stereocenters. The third-order valence-corrected chi connectivity index (χ3v) is 8.12. The molecule has 1 heterocycles. The molecule has 1 aromatic heterocycles. The van der Waals surface area contributed by atoms with Crippen LogP contribution in [0.4, 0.5) is 0 Å². The van der Waals surface area contributed by atoms with Crippen LogP contribution >= 0.6 is 23.1 Å². The van der Waals surface area contributed by atoms with Gasteiger partial charge in [0.05, 0.1) is 16.6 Å². The van der Waals surface area contributed by atoms with Crippen LogP contribution < -0.4 is 0 Å². The Balaban J connectivity index is 1.43. The van der Waals surface area contributed by atoms with Crippen molar-refractivity contribution in [3.8, 4) is 0 Å².